The number of aliphatic hydroxyl groups is 1. The molecule has 2 heterocycles. The molecule has 1 saturated heterocycles. The summed E-state index contributed by atoms with van der Waals surface area (Å²) >= 11 is 0. The van der Waals surface area contributed by atoms with E-state index in [2.05, 4.69) is 79.8 Å². The first-order chi connectivity index (χ1) is 23.6. The molecule has 4 aliphatic carbocycles. The van der Waals surface area contributed by atoms with Crippen LogP contribution < -0.4 is 10.1 Å². The molecule has 0 spiro atoms. The molecule has 1 aromatic heterocycles. The van der Waals surface area contributed by atoms with Gasteiger partial charge in [0.2, 0.25) is 5.91 Å². The van der Waals surface area contributed by atoms with Crippen molar-refractivity contribution >= 4 is 12.0 Å². The normalized spacial score (nSPS) is 27.4. The van der Waals surface area contributed by atoms with E-state index in [-0.39, 0.29) is 46.9 Å². The van der Waals surface area contributed by atoms with Crippen LogP contribution in [-0.2, 0) is 14.9 Å². The second-order valence-corrected chi connectivity index (χ2v) is 15.6. The standard InChI is InChI=1S/C40H52N4O5/c1-26(2)44-23-31(22-41-44)29-6-5-7-30(21-29)36(42-37(46)28-8-11-34(12-9-28)49-38(47)43-24-33(45)25-43)40-17-14-39(15-18-40,16-19-40)32-10-13-35(48-4)27(3)20-32/h5-7,10,13,20-23,26,28,33-34,36,45H,8-9,11-12,14-19,24-25H2,1-4H3,(H,42,46). The molecule has 5 aliphatic rings. The highest BCUT2D eigenvalue weighted by Gasteiger charge is 2.53. The summed E-state index contributed by atoms with van der Waals surface area (Å²) in [5, 5.41) is 17.8. The summed E-state index contributed by atoms with van der Waals surface area (Å²) in [4.78, 5) is 28.1. The maximum absolute atomic E-state index is 14.2. The van der Waals surface area contributed by atoms with Gasteiger partial charge < -0.3 is 24.8 Å². The zero-order chi connectivity index (χ0) is 34.3. The minimum absolute atomic E-state index is 0.0197. The van der Waals surface area contributed by atoms with Gasteiger partial charge in [-0.15, -0.1) is 0 Å². The lowest BCUT2D eigenvalue weighted by Gasteiger charge is -2.57. The third-order valence-electron chi connectivity index (χ3n) is 12.3. The van der Waals surface area contributed by atoms with Gasteiger partial charge in [-0.3, -0.25) is 9.48 Å². The summed E-state index contributed by atoms with van der Waals surface area (Å²) < 4.78 is 13.3. The molecule has 49 heavy (non-hydrogen) atoms. The van der Waals surface area contributed by atoms with Gasteiger partial charge in [-0.1, -0.05) is 30.3 Å². The average molecular weight is 669 g/mol. The van der Waals surface area contributed by atoms with Gasteiger partial charge in [0.05, 0.1) is 38.5 Å². The highest BCUT2D eigenvalue weighted by atomic mass is 16.6. The number of aryl methyl sites for hydroxylation is 1. The average Bonchev–Trinajstić information content (AvgIpc) is 3.61. The van der Waals surface area contributed by atoms with Gasteiger partial charge in [0.25, 0.3) is 0 Å². The van der Waals surface area contributed by atoms with E-state index in [4.69, 9.17) is 9.47 Å². The molecular weight excluding hydrogens is 616 g/mol. The third-order valence-corrected chi connectivity index (χ3v) is 12.3. The molecule has 2 bridgehead atoms. The Labute approximate surface area is 290 Å². The van der Waals surface area contributed by atoms with Gasteiger partial charge in [-0.25, -0.2) is 4.79 Å². The second kappa shape index (κ2) is 13.5. The molecule has 4 saturated carbocycles. The highest BCUT2D eigenvalue weighted by molar-refractivity contribution is 5.79. The van der Waals surface area contributed by atoms with Crippen molar-refractivity contribution < 1.29 is 24.2 Å². The number of aromatic nitrogens is 2. The van der Waals surface area contributed by atoms with Gasteiger partial charge in [-0.05, 0) is 130 Å². The Balaban J connectivity index is 1.10. The number of rotatable bonds is 9. The van der Waals surface area contributed by atoms with Crippen molar-refractivity contribution in [3.8, 4) is 16.9 Å². The molecule has 262 valence electrons. The summed E-state index contributed by atoms with van der Waals surface area (Å²) in [7, 11) is 1.73. The molecule has 0 radical (unpaired) electrons. The van der Waals surface area contributed by atoms with Crippen molar-refractivity contribution in [3.05, 3.63) is 71.5 Å². The number of nitrogens with zero attached hydrogens (tertiary/aromatic N) is 3. The monoisotopic (exact) mass is 668 g/mol. The Morgan fingerprint density at radius 1 is 0.959 bits per heavy atom. The largest absolute Gasteiger partial charge is 0.496 e. The van der Waals surface area contributed by atoms with E-state index in [0.717, 1.165) is 61.0 Å². The van der Waals surface area contributed by atoms with Gasteiger partial charge >= 0.3 is 6.09 Å². The number of fused-ring (bicyclic) bond motifs is 3. The van der Waals surface area contributed by atoms with Gasteiger partial charge in [0, 0.05) is 23.7 Å². The van der Waals surface area contributed by atoms with Crippen LogP contribution in [0, 0.1) is 18.3 Å². The lowest BCUT2D eigenvalue weighted by molar-refractivity contribution is -0.129. The quantitative estimate of drug-likeness (QED) is 0.249. The first-order valence-corrected chi connectivity index (χ1v) is 18.3. The highest BCUT2D eigenvalue weighted by Crippen LogP contribution is 2.62. The SMILES string of the molecule is COc1ccc(C23CCC(C(NC(=O)C4CCC(OC(=O)N5CC(O)C5)CC4)c4cccc(-c5cnn(C(C)C)c5)c4)(CC2)CC3)cc1C. The molecule has 2 amide bonds. The molecule has 8 rings (SSSR count). The molecule has 5 fully saturated rings. The number of amides is 2. The maximum Gasteiger partial charge on any atom is 0.410 e. The molecule has 1 unspecified atom stereocenters. The Morgan fingerprint density at radius 2 is 1.67 bits per heavy atom. The van der Waals surface area contributed by atoms with Crippen LogP contribution in [0.15, 0.2) is 54.9 Å². The van der Waals surface area contributed by atoms with Crippen LogP contribution >= 0.6 is 0 Å². The zero-order valence-electron chi connectivity index (χ0n) is 29.5. The lowest BCUT2D eigenvalue weighted by atomic mass is 9.49. The summed E-state index contributed by atoms with van der Waals surface area (Å²) in [6.45, 7) is 7.07. The summed E-state index contributed by atoms with van der Waals surface area (Å²) in [5.41, 5.74) is 6.12. The topological polar surface area (TPSA) is 106 Å². The van der Waals surface area contributed by atoms with Crippen molar-refractivity contribution in [1.82, 2.24) is 20.0 Å². The molecule has 9 nitrogen and oxygen atoms in total. The van der Waals surface area contributed by atoms with Crippen LogP contribution in [-0.4, -0.2) is 64.2 Å². The Morgan fingerprint density at radius 3 is 2.29 bits per heavy atom. The summed E-state index contributed by atoms with van der Waals surface area (Å²) in [6.07, 6.45) is 12.3. The number of carbonyl (C=O) groups excluding carboxylic acids is 2. The number of likely N-dealkylation sites (tertiary alicyclic amines) is 1. The van der Waals surface area contributed by atoms with Crippen LogP contribution in [0.25, 0.3) is 11.1 Å². The fraction of sp³-hybridized carbons (Fsp3) is 0.575. The van der Waals surface area contributed by atoms with Crippen molar-refractivity contribution in [2.45, 2.75) is 115 Å². The van der Waals surface area contributed by atoms with E-state index in [0.29, 0.717) is 38.8 Å². The number of nitrogens with one attached hydrogen (secondary N) is 1. The fourth-order valence-electron chi connectivity index (χ4n) is 9.07. The molecule has 1 aliphatic heterocycles. The fourth-order valence-corrected chi connectivity index (χ4v) is 9.07. The second-order valence-electron chi connectivity index (χ2n) is 15.6. The van der Waals surface area contributed by atoms with E-state index in [1.165, 1.54) is 16.0 Å². The van der Waals surface area contributed by atoms with Crippen molar-refractivity contribution in [2.24, 2.45) is 11.3 Å². The van der Waals surface area contributed by atoms with Crippen molar-refractivity contribution in [1.29, 1.82) is 0 Å². The van der Waals surface area contributed by atoms with Crippen molar-refractivity contribution in [2.75, 3.05) is 20.2 Å². The van der Waals surface area contributed by atoms with Gasteiger partial charge in [0.1, 0.15) is 11.9 Å². The number of ether oxygens (including phenoxy) is 2. The number of hydrogen-bond donors (Lipinski definition) is 2. The minimum atomic E-state index is -0.450. The molecular formula is C40H52N4O5. The van der Waals surface area contributed by atoms with Gasteiger partial charge in [-0.2, -0.15) is 5.10 Å². The Kier molecular flexibility index (Phi) is 9.24. The predicted molar refractivity (Wildman–Crippen MR) is 188 cm³/mol. The first-order valence-electron chi connectivity index (χ1n) is 18.3. The maximum atomic E-state index is 14.2. The van der Waals surface area contributed by atoms with Crippen LogP contribution in [0.2, 0.25) is 0 Å². The number of methoxy groups -OCH3 is 1. The number of aliphatic hydroxyl groups excluding tert-OH is 1. The van der Waals surface area contributed by atoms with E-state index in [9.17, 15) is 14.7 Å². The summed E-state index contributed by atoms with van der Waals surface area (Å²) in [6, 6.07) is 15.6. The number of β-amino-alcohol motifs (C(OH)–C–C–N with tert-alkyl or cyclic N) is 1. The number of hydrogen-bond acceptors (Lipinski definition) is 6. The lowest BCUT2D eigenvalue weighted by Crippen LogP contribution is -2.54. The molecule has 2 N–H and O–H groups in total. The predicted octanol–water partition coefficient (Wildman–Crippen LogP) is 7.27. The first kappa shape index (κ1) is 33.6. The summed E-state index contributed by atoms with van der Waals surface area (Å²) in [5.74, 6) is 0.938. The number of benzene rings is 2. The van der Waals surface area contributed by atoms with E-state index >= 15 is 0 Å². The minimum Gasteiger partial charge on any atom is -0.496 e. The Hall–Kier alpha value is -3.85. The smallest absolute Gasteiger partial charge is 0.410 e. The number of carbonyl (C=O) groups is 2. The van der Waals surface area contributed by atoms with Crippen LogP contribution in [0.1, 0.15) is 107 Å². The van der Waals surface area contributed by atoms with E-state index in [1.807, 2.05) is 10.9 Å². The van der Waals surface area contributed by atoms with Crippen LogP contribution in [0.4, 0.5) is 4.79 Å². The van der Waals surface area contributed by atoms with Crippen LogP contribution in [0.3, 0.4) is 0 Å². The molecule has 3 aromatic rings. The molecule has 9 heteroatoms. The van der Waals surface area contributed by atoms with E-state index < -0.39 is 6.10 Å². The van der Waals surface area contributed by atoms with E-state index in [1.54, 1.807) is 7.11 Å². The van der Waals surface area contributed by atoms with Crippen molar-refractivity contribution in [3.63, 3.8) is 0 Å². The molecule has 1 atom stereocenters. The third kappa shape index (κ3) is 6.58. The molecule has 2 aromatic carbocycles. The van der Waals surface area contributed by atoms with Crippen LogP contribution in [0.5, 0.6) is 5.75 Å². The van der Waals surface area contributed by atoms with Gasteiger partial charge in [0.15, 0.2) is 0 Å². The zero-order valence-corrected chi connectivity index (χ0v) is 29.5. The Bertz CT molecular complexity index is 1640.